The van der Waals surface area contributed by atoms with E-state index in [1.807, 2.05) is 58.0 Å². The van der Waals surface area contributed by atoms with Crippen LogP contribution in [0.25, 0.3) is 11.0 Å². The molecule has 7 heteroatoms. The van der Waals surface area contributed by atoms with Gasteiger partial charge in [0.25, 0.3) is 5.91 Å². The summed E-state index contributed by atoms with van der Waals surface area (Å²) in [6.07, 6.45) is 1.61. The molecule has 5 nitrogen and oxygen atoms in total. The number of halogens is 2. The maximum absolute atomic E-state index is 13.1. The van der Waals surface area contributed by atoms with Crippen LogP contribution < -0.4 is 5.32 Å². The largest absolute Gasteiger partial charge is 0.354 e. The molecule has 1 aromatic carbocycles. The highest BCUT2D eigenvalue weighted by atomic mass is 35.5. The first-order valence-electron chi connectivity index (χ1n) is 9.03. The summed E-state index contributed by atoms with van der Waals surface area (Å²) >= 11 is 6.08. The first-order chi connectivity index (χ1) is 12.9. The van der Waals surface area contributed by atoms with Crippen LogP contribution >= 0.6 is 24.0 Å². The van der Waals surface area contributed by atoms with E-state index in [1.54, 1.807) is 11.1 Å². The molecule has 0 spiro atoms. The zero-order valence-electron chi connectivity index (χ0n) is 16.4. The molecule has 0 saturated heterocycles. The first kappa shape index (κ1) is 21.9. The maximum atomic E-state index is 13.1. The van der Waals surface area contributed by atoms with Crippen LogP contribution in [0.1, 0.15) is 35.5 Å². The lowest BCUT2D eigenvalue weighted by Gasteiger charge is -2.22. The average molecular weight is 419 g/mol. The number of aromatic nitrogens is 2. The van der Waals surface area contributed by atoms with Gasteiger partial charge in [0, 0.05) is 41.1 Å². The van der Waals surface area contributed by atoms with Gasteiger partial charge in [0.05, 0.1) is 11.3 Å². The van der Waals surface area contributed by atoms with Gasteiger partial charge in [-0.25, -0.2) is 9.97 Å². The zero-order chi connectivity index (χ0) is 19.6. The number of nitrogens with one attached hydrogen (secondary N) is 1. The van der Waals surface area contributed by atoms with Gasteiger partial charge >= 0.3 is 0 Å². The van der Waals surface area contributed by atoms with Crippen LogP contribution in [-0.4, -0.2) is 33.9 Å². The number of carbonyl (C=O) groups excluding carboxylic acids is 1. The van der Waals surface area contributed by atoms with Gasteiger partial charge in [-0.2, -0.15) is 0 Å². The Balaban J connectivity index is 0.00000280. The predicted molar refractivity (Wildman–Crippen MR) is 118 cm³/mol. The minimum absolute atomic E-state index is 0. The van der Waals surface area contributed by atoms with Crippen LogP contribution in [0.2, 0.25) is 5.02 Å². The Hall–Kier alpha value is -2.37. The van der Waals surface area contributed by atoms with Crippen LogP contribution in [0.4, 0.5) is 11.4 Å². The lowest BCUT2D eigenvalue weighted by molar-refractivity contribution is 0.0774. The van der Waals surface area contributed by atoms with Gasteiger partial charge in [-0.15, -0.1) is 12.4 Å². The van der Waals surface area contributed by atoms with Gasteiger partial charge < -0.3 is 10.2 Å². The Kier molecular flexibility index (Phi) is 7.22. The van der Waals surface area contributed by atoms with Crippen LogP contribution in [0.3, 0.4) is 0 Å². The second kappa shape index (κ2) is 9.22. The molecule has 2 heterocycles. The van der Waals surface area contributed by atoms with Crippen LogP contribution in [0.15, 0.2) is 36.5 Å². The van der Waals surface area contributed by atoms with Crippen molar-refractivity contribution in [2.75, 3.05) is 18.4 Å². The van der Waals surface area contributed by atoms with E-state index in [0.29, 0.717) is 29.3 Å². The Morgan fingerprint density at radius 1 is 1.14 bits per heavy atom. The summed E-state index contributed by atoms with van der Waals surface area (Å²) in [5.74, 6) is -0.0518. The topological polar surface area (TPSA) is 58.1 Å². The molecule has 0 unspecified atom stereocenters. The van der Waals surface area contributed by atoms with E-state index in [2.05, 4.69) is 15.3 Å². The summed E-state index contributed by atoms with van der Waals surface area (Å²) in [4.78, 5) is 23.8. The van der Waals surface area contributed by atoms with E-state index in [0.717, 1.165) is 28.0 Å². The predicted octanol–water partition coefficient (Wildman–Crippen LogP) is 5.55. The SMILES string of the molecule is CCN(CC)C(=O)c1cnc2nc(C)ccc2c1Nc1ccc(Cl)cc1C.Cl. The lowest BCUT2D eigenvalue weighted by Crippen LogP contribution is -2.31. The number of amides is 1. The molecule has 0 bridgehead atoms. The summed E-state index contributed by atoms with van der Waals surface area (Å²) < 4.78 is 0. The van der Waals surface area contributed by atoms with Gasteiger partial charge in [0.2, 0.25) is 0 Å². The molecule has 0 fully saturated rings. The maximum Gasteiger partial charge on any atom is 0.257 e. The van der Waals surface area contributed by atoms with Crippen molar-refractivity contribution in [1.82, 2.24) is 14.9 Å². The molecule has 1 amide bonds. The van der Waals surface area contributed by atoms with Gasteiger partial charge in [-0.1, -0.05) is 11.6 Å². The van der Waals surface area contributed by atoms with Crippen molar-refractivity contribution in [3.05, 3.63) is 58.4 Å². The number of rotatable bonds is 5. The number of hydrogen-bond donors (Lipinski definition) is 1. The lowest BCUT2D eigenvalue weighted by atomic mass is 10.1. The third-order valence-electron chi connectivity index (χ3n) is 4.60. The van der Waals surface area contributed by atoms with Crippen molar-refractivity contribution in [1.29, 1.82) is 0 Å². The molecular formula is C21H24Cl2N4O. The molecular weight excluding hydrogens is 395 g/mol. The third-order valence-corrected chi connectivity index (χ3v) is 4.83. The summed E-state index contributed by atoms with van der Waals surface area (Å²) in [6, 6.07) is 9.51. The summed E-state index contributed by atoms with van der Waals surface area (Å²) in [7, 11) is 0. The van der Waals surface area contributed by atoms with E-state index in [9.17, 15) is 4.79 Å². The van der Waals surface area contributed by atoms with E-state index < -0.39 is 0 Å². The minimum atomic E-state index is -0.0518. The van der Waals surface area contributed by atoms with Gasteiger partial charge in [0.1, 0.15) is 0 Å². The number of aryl methyl sites for hydroxylation is 2. The van der Waals surface area contributed by atoms with Gasteiger partial charge in [0.15, 0.2) is 5.65 Å². The molecule has 3 rings (SSSR count). The minimum Gasteiger partial charge on any atom is -0.354 e. The smallest absolute Gasteiger partial charge is 0.257 e. The van der Waals surface area contributed by atoms with Gasteiger partial charge in [-0.3, -0.25) is 4.79 Å². The Morgan fingerprint density at radius 2 is 1.86 bits per heavy atom. The summed E-state index contributed by atoms with van der Waals surface area (Å²) in [5, 5.41) is 4.92. The first-order valence-corrected chi connectivity index (χ1v) is 9.41. The molecule has 1 N–H and O–H groups in total. The van der Waals surface area contributed by atoms with Crippen molar-refractivity contribution >= 4 is 52.3 Å². The number of benzene rings is 1. The average Bonchev–Trinajstić information content (AvgIpc) is 2.64. The summed E-state index contributed by atoms with van der Waals surface area (Å²) in [6.45, 7) is 9.12. The zero-order valence-corrected chi connectivity index (χ0v) is 18.0. The molecule has 3 aromatic rings. The second-order valence-electron chi connectivity index (χ2n) is 6.43. The molecule has 2 aromatic heterocycles. The fourth-order valence-corrected chi connectivity index (χ4v) is 3.28. The molecule has 28 heavy (non-hydrogen) atoms. The highest BCUT2D eigenvalue weighted by Crippen LogP contribution is 2.31. The Bertz CT molecular complexity index is 1000. The normalized spacial score (nSPS) is 10.5. The number of nitrogens with zero attached hydrogens (tertiary/aromatic N) is 3. The fourth-order valence-electron chi connectivity index (χ4n) is 3.05. The number of pyridine rings is 2. The highest BCUT2D eigenvalue weighted by Gasteiger charge is 2.20. The van der Waals surface area contributed by atoms with E-state index in [1.165, 1.54) is 0 Å². The fraction of sp³-hybridized carbons (Fsp3) is 0.286. The number of fused-ring (bicyclic) bond motifs is 1. The third kappa shape index (κ3) is 4.37. The van der Waals surface area contributed by atoms with Crippen molar-refractivity contribution in [2.45, 2.75) is 27.7 Å². The Labute approximate surface area is 176 Å². The molecule has 148 valence electrons. The van der Waals surface area contributed by atoms with Crippen molar-refractivity contribution < 1.29 is 4.79 Å². The quantitative estimate of drug-likeness (QED) is 0.589. The number of anilines is 2. The number of carbonyl (C=O) groups is 1. The van der Waals surface area contributed by atoms with Crippen LogP contribution in [0.5, 0.6) is 0 Å². The Morgan fingerprint density at radius 3 is 2.50 bits per heavy atom. The van der Waals surface area contributed by atoms with Gasteiger partial charge in [-0.05, 0) is 63.6 Å². The summed E-state index contributed by atoms with van der Waals surface area (Å²) in [5.41, 5.74) is 4.63. The van der Waals surface area contributed by atoms with E-state index >= 15 is 0 Å². The molecule has 0 radical (unpaired) electrons. The standard InChI is InChI=1S/C21H23ClN4O.ClH/c1-5-26(6-2)21(27)17-12-23-20-16(9-7-14(4)24-20)19(17)25-18-10-8-15(22)11-13(18)3;/h7-12H,5-6H2,1-4H3,(H,23,24,25);1H. The van der Waals surface area contributed by atoms with E-state index in [-0.39, 0.29) is 18.3 Å². The monoisotopic (exact) mass is 418 g/mol. The van der Waals surface area contributed by atoms with Crippen molar-refractivity contribution in [3.63, 3.8) is 0 Å². The van der Waals surface area contributed by atoms with E-state index in [4.69, 9.17) is 11.6 Å². The molecule has 0 aliphatic heterocycles. The van der Waals surface area contributed by atoms with Crippen molar-refractivity contribution in [3.8, 4) is 0 Å². The molecule has 0 aliphatic rings. The number of hydrogen-bond acceptors (Lipinski definition) is 4. The van der Waals surface area contributed by atoms with Crippen LogP contribution in [-0.2, 0) is 0 Å². The second-order valence-corrected chi connectivity index (χ2v) is 6.87. The molecule has 0 aliphatic carbocycles. The highest BCUT2D eigenvalue weighted by molar-refractivity contribution is 6.30. The molecule has 0 saturated carbocycles. The molecule has 0 atom stereocenters. The van der Waals surface area contributed by atoms with Crippen molar-refractivity contribution in [2.24, 2.45) is 0 Å². The van der Waals surface area contributed by atoms with Crippen LogP contribution in [0, 0.1) is 13.8 Å².